The lowest BCUT2D eigenvalue weighted by Crippen LogP contribution is -2.47. The van der Waals surface area contributed by atoms with Crippen molar-refractivity contribution in [2.75, 3.05) is 32.7 Å². The van der Waals surface area contributed by atoms with Gasteiger partial charge in [0.1, 0.15) is 0 Å². The Hall–Kier alpha value is -1.50. The molecule has 0 spiro atoms. The summed E-state index contributed by atoms with van der Waals surface area (Å²) in [6, 6.07) is 10.7. The smallest absolute Gasteiger partial charge is 0.168 e. The fraction of sp³-hybridized carbons (Fsp3) is 0.611. The lowest BCUT2D eigenvalue weighted by molar-refractivity contribution is 0.0889. The van der Waals surface area contributed by atoms with Crippen LogP contribution in [0.2, 0.25) is 0 Å². The van der Waals surface area contributed by atoms with Crippen LogP contribution in [0.25, 0.3) is 0 Å². The highest BCUT2D eigenvalue weighted by atomic mass is 35.5. The number of likely N-dealkylation sites (N-methyl/N-ethyl adjacent to an activating group) is 1. The summed E-state index contributed by atoms with van der Waals surface area (Å²) < 4.78 is 1.97. The Kier molecular flexibility index (Phi) is 7.81. The molecule has 0 radical (unpaired) electrons. The van der Waals surface area contributed by atoms with Gasteiger partial charge in [0.05, 0.1) is 12.6 Å². The van der Waals surface area contributed by atoms with E-state index in [-0.39, 0.29) is 12.4 Å². The van der Waals surface area contributed by atoms with Gasteiger partial charge in [-0.2, -0.15) is 0 Å². The zero-order valence-corrected chi connectivity index (χ0v) is 16.0. The molecule has 0 bridgehead atoms. The second-order valence-electron chi connectivity index (χ2n) is 6.46. The number of rotatable bonds is 7. The minimum Gasteiger partial charge on any atom is -0.301 e. The van der Waals surface area contributed by atoms with E-state index in [0.717, 1.165) is 57.9 Å². The molecule has 0 N–H and O–H groups in total. The Balaban J connectivity index is 0.00000225. The predicted octanol–water partition coefficient (Wildman–Crippen LogP) is 2.62. The van der Waals surface area contributed by atoms with Crippen molar-refractivity contribution in [2.24, 2.45) is 0 Å². The molecule has 1 aliphatic rings. The van der Waals surface area contributed by atoms with E-state index in [0.29, 0.717) is 6.04 Å². The molecule has 2 aromatic rings. The van der Waals surface area contributed by atoms with E-state index in [9.17, 15) is 0 Å². The summed E-state index contributed by atoms with van der Waals surface area (Å²) in [7, 11) is 0. The van der Waals surface area contributed by atoms with E-state index >= 15 is 0 Å². The van der Waals surface area contributed by atoms with Gasteiger partial charge in [0.2, 0.25) is 0 Å². The van der Waals surface area contributed by atoms with Crippen molar-refractivity contribution < 1.29 is 0 Å². The van der Waals surface area contributed by atoms with Crippen LogP contribution in [-0.4, -0.2) is 62.7 Å². The topological polar surface area (TPSA) is 50.1 Å². The van der Waals surface area contributed by atoms with Gasteiger partial charge in [-0.05, 0) is 29.0 Å². The number of halogens is 1. The Morgan fingerprint density at radius 2 is 1.76 bits per heavy atom. The van der Waals surface area contributed by atoms with Crippen LogP contribution in [0.5, 0.6) is 0 Å². The molecule has 1 aromatic heterocycles. The molecular formula is C18H29ClN6. The average Bonchev–Trinajstić information content (AvgIpc) is 3.08. The Morgan fingerprint density at radius 3 is 2.40 bits per heavy atom. The van der Waals surface area contributed by atoms with E-state index in [1.54, 1.807) is 0 Å². The van der Waals surface area contributed by atoms with Crippen molar-refractivity contribution in [3.05, 3.63) is 41.7 Å². The zero-order chi connectivity index (χ0) is 16.8. The van der Waals surface area contributed by atoms with Crippen molar-refractivity contribution >= 4 is 12.4 Å². The van der Waals surface area contributed by atoms with Crippen molar-refractivity contribution in [1.82, 2.24) is 30.0 Å². The van der Waals surface area contributed by atoms with Gasteiger partial charge in [0, 0.05) is 26.2 Å². The summed E-state index contributed by atoms with van der Waals surface area (Å²) in [5, 5.41) is 12.6. The van der Waals surface area contributed by atoms with Crippen LogP contribution in [0.15, 0.2) is 30.3 Å². The molecule has 0 aliphatic carbocycles. The third-order valence-electron chi connectivity index (χ3n) is 4.89. The Morgan fingerprint density at radius 1 is 1.04 bits per heavy atom. The van der Waals surface area contributed by atoms with E-state index in [2.05, 4.69) is 63.4 Å². The standard InChI is InChI=1S/C18H28N6.ClH/c1-3-8-17(23-13-11-22(4-2)12-14-23)18-19-20-21-24(18)15-16-9-6-5-7-10-16;/h5-7,9-10,17H,3-4,8,11-15H2,1-2H3;1H. The maximum atomic E-state index is 4.39. The van der Waals surface area contributed by atoms with E-state index in [4.69, 9.17) is 0 Å². The molecule has 0 saturated carbocycles. The van der Waals surface area contributed by atoms with Crippen LogP contribution in [0, 0.1) is 0 Å². The first kappa shape index (κ1) is 19.8. The molecule has 1 atom stereocenters. The molecule has 1 aliphatic heterocycles. The summed E-state index contributed by atoms with van der Waals surface area (Å²) in [5.41, 5.74) is 1.23. The highest BCUT2D eigenvalue weighted by Crippen LogP contribution is 2.25. The fourth-order valence-electron chi connectivity index (χ4n) is 3.46. The molecule has 1 fully saturated rings. The molecule has 25 heavy (non-hydrogen) atoms. The van der Waals surface area contributed by atoms with Crippen molar-refractivity contribution in [2.45, 2.75) is 39.3 Å². The lowest BCUT2D eigenvalue weighted by Gasteiger charge is -2.38. The number of hydrogen-bond acceptors (Lipinski definition) is 5. The van der Waals surface area contributed by atoms with Crippen molar-refractivity contribution in [3.8, 4) is 0 Å². The van der Waals surface area contributed by atoms with Gasteiger partial charge < -0.3 is 4.90 Å². The number of piperazine rings is 1. The highest BCUT2D eigenvalue weighted by Gasteiger charge is 2.28. The van der Waals surface area contributed by atoms with Crippen molar-refractivity contribution in [1.29, 1.82) is 0 Å². The Bertz CT molecular complexity index is 609. The molecule has 2 heterocycles. The number of tetrazole rings is 1. The third kappa shape index (κ3) is 5.00. The molecular weight excluding hydrogens is 336 g/mol. The normalized spacial score (nSPS) is 17.2. The first-order valence-corrected chi connectivity index (χ1v) is 9.08. The second kappa shape index (κ2) is 9.85. The SMILES string of the molecule is CCCC(c1nnnn1Cc1ccccc1)N1CCN(CC)CC1.Cl. The summed E-state index contributed by atoms with van der Waals surface area (Å²) in [6.07, 6.45) is 2.23. The van der Waals surface area contributed by atoms with E-state index in [1.165, 1.54) is 5.56 Å². The highest BCUT2D eigenvalue weighted by molar-refractivity contribution is 5.85. The van der Waals surface area contributed by atoms with Crippen LogP contribution in [-0.2, 0) is 6.54 Å². The van der Waals surface area contributed by atoms with Gasteiger partial charge >= 0.3 is 0 Å². The van der Waals surface area contributed by atoms with Gasteiger partial charge in [-0.25, -0.2) is 4.68 Å². The summed E-state index contributed by atoms with van der Waals surface area (Å²) in [4.78, 5) is 5.06. The number of aromatic nitrogens is 4. The van der Waals surface area contributed by atoms with E-state index < -0.39 is 0 Å². The fourth-order valence-corrected chi connectivity index (χ4v) is 3.46. The van der Waals surface area contributed by atoms with Crippen LogP contribution < -0.4 is 0 Å². The number of nitrogens with zero attached hydrogens (tertiary/aromatic N) is 6. The monoisotopic (exact) mass is 364 g/mol. The van der Waals surface area contributed by atoms with Crippen LogP contribution >= 0.6 is 12.4 Å². The maximum absolute atomic E-state index is 4.39. The van der Waals surface area contributed by atoms with Gasteiger partial charge in [-0.15, -0.1) is 17.5 Å². The quantitative estimate of drug-likeness (QED) is 0.755. The Labute approximate surface area is 156 Å². The largest absolute Gasteiger partial charge is 0.301 e. The molecule has 1 aromatic carbocycles. The van der Waals surface area contributed by atoms with Crippen LogP contribution in [0.1, 0.15) is 44.1 Å². The zero-order valence-electron chi connectivity index (χ0n) is 15.2. The average molecular weight is 365 g/mol. The molecule has 7 heteroatoms. The molecule has 1 saturated heterocycles. The molecule has 0 amide bonds. The van der Waals surface area contributed by atoms with E-state index in [1.807, 2.05) is 10.7 Å². The minimum absolute atomic E-state index is 0. The van der Waals surface area contributed by atoms with Gasteiger partial charge in [-0.3, -0.25) is 4.90 Å². The summed E-state index contributed by atoms with van der Waals surface area (Å²) >= 11 is 0. The van der Waals surface area contributed by atoms with Gasteiger partial charge in [0.25, 0.3) is 0 Å². The second-order valence-corrected chi connectivity index (χ2v) is 6.46. The third-order valence-corrected chi connectivity index (χ3v) is 4.89. The molecule has 3 rings (SSSR count). The predicted molar refractivity (Wildman–Crippen MR) is 102 cm³/mol. The molecule has 138 valence electrons. The first-order chi connectivity index (χ1) is 11.8. The number of benzene rings is 1. The summed E-state index contributed by atoms with van der Waals surface area (Å²) in [6.45, 7) is 10.8. The van der Waals surface area contributed by atoms with Crippen LogP contribution in [0.4, 0.5) is 0 Å². The van der Waals surface area contributed by atoms with Gasteiger partial charge in [0.15, 0.2) is 5.82 Å². The van der Waals surface area contributed by atoms with Crippen molar-refractivity contribution in [3.63, 3.8) is 0 Å². The lowest BCUT2D eigenvalue weighted by atomic mass is 10.1. The molecule has 1 unspecified atom stereocenters. The molecule has 6 nitrogen and oxygen atoms in total. The number of hydrogen-bond donors (Lipinski definition) is 0. The minimum atomic E-state index is 0. The van der Waals surface area contributed by atoms with Gasteiger partial charge in [-0.1, -0.05) is 50.6 Å². The maximum Gasteiger partial charge on any atom is 0.168 e. The first-order valence-electron chi connectivity index (χ1n) is 9.08. The van der Waals surface area contributed by atoms with Crippen LogP contribution in [0.3, 0.4) is 0 Å². The summed E-state index contributed by atoms with van der Waals surface area (Å²) in [5.74, 6) is 1.01.